The van der Waals surface area contributed by atoms with Gasteiger partial charge in [-0.3, -0.25) is 0 Å². The highest BCUT2D eigenvalue weighted by atomic mass is 32.2. The molecule has 0 bridgehead atoms. The number of sulfonamides is 1. The summed E-state index contributed by atoms with van der Waals surface area (Å²) < 4.78 is 31.9. The summed E-state index contributed by atoms with van der Waals surface area (Å²) >= 11 is 0. The predicted molar refractivity (Wildman–Crippen MR) is 64.2 cm³/mol. The molecular formula is C11H20N2O3S. The highest BCUT2D eigenvalue weighted by molar-refractivity contribution is 7.89. The highest BCUT2D eigenvalue weighted by Gasteiger charge is 2.43. The van der Waals surface area contributed by atoms with Crippen LogP contribution in [0.5, 0.6) is 0 Å². The van der Waals surface area contributed by atoms with Crippen molar-refractivity contribution in [2.24, 2.45) is 11.8 Å². The molecule has 1 unspecified atom stereocenters. The molecule has 0 aromatic heterocycles. The maximum atomic E-state index is 12.4. The molecule has 0 amide bonds. The van der Waals surface area contributed by atoms with Crippen molar-refractivity contribution in [3.63, 3.8) is 0 Å². The van der Waals surface area contributed by atoms with E-state index in [9.17, 15) is 8.42 Å². The highest BCUT2D eigenvalue weighted by Crippen LogP contribution is 2.30. The van der Waals surface area contributed by atoms with Gasteiger partial charge < -0.3 is 10.1 Å². The Balaban J connectivity index is 1.70. The number of rotatable bonds is 2. The number of hydrogen-bond donors (Lipinski definition) is 1. The van der Waals surface area contributed by atoms with Crippen LogP contribution >= 0.6 is 0 Å². The molecule has 17 heavy (non-hydrogen) atoms. The van der Waals surface area contributed by atoms with Crippen LogP contribution in [0.3, 0.4) is 0 Å². The average molecular weight is 260 g/mol. The summed E-state index contributed by atoms with van der Waals surface area (Å²) in [5.41, 5.74) is 0. The molecule has 0 spiro atoms. The van der Waals surface area contributed by atoms with Gasteiger partial charge in [0, 0.05) is 19.7 Å². The van der Waals surface area contributed by atoms with Crippen LogP contribution in [-0.4, -0.2) is 57.4 Å². The molecule has 0 saturated carbocycles. The van der Waals surface area contributed by atoms with Crippen molar-refractivity contribution in [3.05, 3.63) is 0 Å². The molecule has 98 valence electrons. The number of hydrogen-bond acceptors (Lipinski definition) is 4. The number of fused-ring (bicyclic) bond motifs is 1. The first-order chi connectivity index (χ1) is 8.18. The fourth-order valence-electron chi connectivity index (χ4n) is 3.18. The van der Waals surface area contributed by atoms with E-state index in [0.717, 1.165) is 25.9 Å². The Morgan fingerprint density at radius 3 is 2.47 bits per heavy atom. The van der Waals surface area contributed by atoms with Crippen molar-refractivity contribution < 1.29 is 13.2 Å². The zero-order valence-electron chi connectivity index (χ0n) is 9.97. The standard InChI is InChI=1S/C11H20N2O3S/c14-17(15,11-2-1-3-16-8-11)13-6-9-4-12-5-10(9)7-13/h9-12H,1-8H2/t9-,10+,11?. The molecule has 3 heterocycles. The van der Waals surface area contributed by atoms with E-state index in [4.69, 9.17) is 4.74 Å². The Morgan fingerprint density at radius 1 is 1.18 bits per heavy atom. The van der Waals surface area contributed by atoms with Crippen molar-refractivity contribution in [1.29, 1.82) is 0 Å². The quantitative estimate of drug-likeness (QED) is 0.737. The summed E-state index contributed by atoms with van der Waals surface area (Å²) in [6.45, 7) is 4.44. The van der Waals surface area contributed by atoms with Gasteiger partial charge in [-0.25, -0.2) is 12.7 Å². The average Bonchev–Trinajstić information content (AvgIpc) is 2.90. The third-order valence-electron chi connectivity index (χ3n) is 4.26. The van der Waals surface area contributed by atoms with Gasteiger partial charge in [-0.05, 0) is 37.8 Å². The number of nitrogens with zero attached hydrogens (tertiary/aromatic N) is 1. The summed E-state index contributed by atoms with van der Waals surface area (Å²) in [5.74, 6) is 1.04. The minimum absolute atomic E-state index is 0.303. The van der Waals surface area contributed by atoms with Crippen LogP contribution in [0.15, 0.2) is 0 Å². The Bertz CT molecular complexity index is 366. The zero-order valence-corrected chi connectivity index (χ0v) is 10.8. The molecule has 0 aromatic carbocycles. The first-order valence-corrected chi connectivity index (χ1v) is 7.95. The monoisotopic (exact) mass is 260 g/mol. The summed E-state index contributed by atoms with van der Waals surface area (Å²) in [7, 11) is -3.12. The van der Waals surface area contributed by atoms with Gasteiger partial charge in [0.05, 0.1) is 11.9 Å². The lowest BCUT2D eigenvalue weighted by atomic mass is 10.0. The van der Waals surface area contributed by atoms with Crippen LogP contribution in [0.25, 0.3) is 0 Å². The summed E-state index contributed by atoms with van der Waals surface area (Å²) in [6.07, 6.45) is 1.62. The van der Waals surface area contributed by atoms with E-state index < -0.39 is 10.0 Å². The van der Waals surface area contributed by atoms with Crippen LogP contribution in [0.4, 0.5) is 0 Å². The van der Waals surface area contributed by atoms with Crippen LogP contribution in [-0.2, 0) is 14.8 Å². The van der Waals surface area contributed by atoms with E-state index >= 15 is 0 Å². The van der Waals surface area contributed by atoms with E-state index in [-0.39, 0.29) is 5.25 Å². The maximum absolute atomic E-state index is 12.4. The van der Waals surface area contributed by atoms with E-state index in [1.54, 1.807) is 4.31 Å². The molecule has 1 N–H and O–H groups in total. The van der Waals surface area contributed by atoms with Gasteiger partial charge in [0.25, 0.3) is 0 Å². The lowest BCUT2D eigenvalue weighted by Gasteiger charge is -2.27. The summed E-state index contributed by atoms with van der Waals surface area (Å²) in [4.78, 5) is 0. The molecule has 0 radical (unpaired) electrons. The van der Waals surface area contributed by atoms with Crippen LogP contribution < -0.4 is 5.32 Å². The molecule has 3 rings (SSSR count). The first kappa shape index (κ1) is 11.9. The summed E-state index contributed by atoms with van der Waals surface area (Å²) in [6, 6.07) is 0. The zero-order chi connectivity index (χ0) is 11.9. The second kappa shape index (κ2) is 4.50. The number of ether oxygens (including phenoxy) is 1. The molecular weight excluding hydrogens is 240 g/mol. The second-order valence-electron chi connectivity index (χ2n) is 5.38. The topological polar surface area (TPSA) is 58.6 Å². The Labute approximate surface area is 103 Å². The van der Waals surface area contributed by atoms with Gasteiger partial charge in [-0.2, -0.15) is 0 Å². The Morgan fingerprint density at radius 2 is 1.88 bits per heavy atom. The third-order valence-corrected chi connectivity index (χ3v) is 6.49. The molecule has 0 aliphatic carbocycles. The van der Waals surface area contributed by atoms with Crippen molar-refractivity contribution in [2.45, 2.75) is 18.1 Å². The van der Waals surface area contributed by atoms with Gasteiger partial charge in [0.2, 0.25) is 10.0 Å². The SMILES string of the molecule is O=S(=O)(C1CCCOC1)N1C[C@H]2CNC[C@H]2C1. The van der Waals surface area contributed by atoms with Gasteiger partial charge >= 0.3 is 0 Å². The van der Waals surface area contributed by atoms with Crippen LogP contribution in [0.2, 0.25) is 0 Å². The van der Waals surface area contributed by atoms with Crippen molar-refractivity contribution in [2.75, 3.05) is 39.4 Å². The molecule has 6 heteroatoms. The molecule has 3 aliphatic rings. The van der Waals surface area contributed by atoms with Crippen LogP contribution in [0.1, 0.15) is 12.8 Å². The van der Waals surface area contributed by atoms with E-state index in [0.29, 0.717) is 38.1 Å². The maximum Gasteiger partial charge on any atom is 0.219 e. The minimum Gasteiger partial charge on any atom is -0.380 e. The molecule has 3 atom stereocenters. The lowest BCUT2D eigenvalue weighted by molar-refractivity contribution is 0.0976. The fourth-order valence-corrected chi connectivity index (χ4v) is 5.13. The smallest absolute Gasteiger partial charge is 0.219 e. The minimum atomic E-state index is -3.12. The van der Waals surface area contributed by atoms with Crippen molar-refractivity contribution in [1.82, 2.24) is 9.62 Å². The Hall–Kier alpha value is -0.170. The van der Waals surface area contributed by atoms with Crippen LogP contribution in [0, 0.1) is 11.8 Å². The normalized spacial score (nSPS) is 39.4. The number of nitrogens with one attached hydrogen (secondary N) is 1. The lowest BCUT2D eigenvalue weighted by Crippen LogP contribution is -2.42. The summed E-state index contributed by atoms with van der Waals surface area (Å²) in [5, 5.41) is 3.03. The fraction of sp³-hybridized carbons (Fsp3) is 1.00. The largest absolute Gasteiger partial charge is 0.380 e. The second-order valence-corrected chi connectivity index (χ2v) is 7.59. The molecule has 3 saturated heterocycles. The molecule has 3 aliphatic heterocycles. The van der Waals surface area contributed by atoms with Gasteiger partial charge in [-0.15, -0.1) is 0 Å². The Kier molecular flexibility index (Phi) is 3.15. The molecule has 0 aromatic rings. The van der Waals surface area contributed by atoms with E-state index in [1.165, 1.54) is 0 Å². The predicted octanol–water partition coefficient (Wildman–Crippen LogP) is -0.354. The molecule has 3 fully saturated rings. The van der Waals surface area contributed by atoms with Gasteiger partial charge in [0.1, 0.15) is 0 Å². The van der Waals surface area contributed by atoms with Gasteiger partial charge in [0.15, 0.2) is 0 Å². The van der Waals surface area contributed by atoms with E-state index in [2.05, 4.69) is 5.32 Å². The van der Waals surface area contributed by atoms with Gasteiger partial charge in [-0.1, -0.05) is 0 Å². The third kappa shape index (κ3) is 2.12. The molecule has 5 nitrogen and oxygen atoms in total. The van der Waals surface area contributed by atoms with Crippen molar-refractivity contribution in [3.8, 4) is 0 Å². The van der Waals surface area contributed by atoms with Crippen molar-refractivity contribution >= 4 is 10.0 Å². The first-order valence-electron chi connectivity index (χ1n) is 6.45. The van der Waals surface area contributed by atoms with E-state index in [1.807, 2.05) is 0 Å².